The molecule has 0 saturated carbocycles. The number of nitrogens with zero attached hydrogens (tertiary/aromatic N) is 3. The maximum atomic E-state index is 13.3. The summed E-state index contributed by atoms with van der Waals surface area (Å²) in [6, 6.07) is 12.5. The molecule has 2 aromatic carbocycles. The zero-order valence-electron chi connectivity index (χ0n) is 24.1. The van der Waals surface area contributed by atoms with Crippen LogP contribution >= 0.6 is 0 Å². The van der Waals surface area contributed by atoms with Gasteiger partial charge in [-0.15, -0.1) is 0 Å². The van der Waals surface area contributed by atoms with Gasteiger partial charge in [0.25, 0.3) is 5.69 Å². The highest BCUT2D eigenvalue weighted by atomic mass is 16.6. The van der Waals surface area contributed by atoms with Gasteiger partial charge in [-0.3, -0.25) is 24.6 Å². The second-order valence-electron chi connectivity index (χ2n) is 11.3. The zero-order chi connectivity index (χ0) is 29.9. The molecule has 2 aliphatic rings. The van der Waals surface area contributed by atoms with Crippen LogP contribution in [0.1, 0.15) is 45.6 Å². The van der Waals surface area contributed by atoms with E-state index in [4.69, 9.17) is 4.74 Å². The van der Waals surface area contributed by atoms with E-state index in [-0.39, 0.29) is 12.1 Å². The Balaban J connectivity index is 1.64. The third-order valence-corrected chi connectivity index (χ3v) is 9.28. The van der Waals surface area contributed by atoms with Crippen molar-refractivity contribution in [3.05, 3.63) is 64.2 Å². The average Bonchev–Trinajstić information content (AvgIpc) is 2.95. The molecule has 41 heavy (non-hydrogen) atoms. The Morgan fingerprint density at radius 2 is 1.73 bits per heavy atom. The number of non-ortho nitro benzene ring substituents is 1. The number of carboxylic acids is 2. The molecule has 2 fully saturated rings. The Labute approximate surface area is 240 Å². The number of hydrogen-bond donors (Lipinski definition) is 3. The van der Waals surface area contributed by atoms with Crippen molar-refractivity contribution in [3.8, 4) is 5.75 Å². The van der Waals surface area contributed by atoms with Crippen molar-refractivity contribution in [1.82, 2.24) is 10.2 Å². The summed E-state index contributed by atoms with van der Waals surface area (Å²) in [4.78, 5) is 41.7. The van der Waals surface area contributed by atoms with E-state index in [0.29, 0.717) is 31.8 Å². The lowest BCUT2D eigenvalue weighted by molar-refractivity contribution is -0.385. The summed E-state index contributed by atoms with van der Waals surface area (Å²) in [5.41, 5.74) is -1.89. The van der Waals surface area contributed by atoms with E-state index < -0.39 is 45.7 Å². The Bertz CT molecular complexity index is 1280. The number of ether oxygens (including phenoxy) is 1. The molecule has 0 radical (unpaired) electrons. The first kappa shape index (κ1) is 30.3. The lowest BCUT2D eigenvalue weighted by Crippen LogP contribution is -2.69. The van der Waals surface area contributed by atoms with E-state index in [2.05, 4.69) is 15.1 Å². The molecule has 11 nitrogen and oxygen atoms in total. The Hall–Kier alpha value is -3.70. The molecule has 2 aliphatic heterocycles. The van der Waals surface area contributed by atoms with Crippen molar-refractivity contribution in [1.29, 1.82) is 0 Å². The fraction of sp³-hybridized carbons (Fsp3) is 0.533. The number of anilines is 1. The van der Waals surface area contributed by atoms with Gasteiger partial charge in [-0.2, -0.15) is 0 Å². The summed E-state index contributed by atoms with van der Waals surface area (Å²) in [6.07, 6.45) is 0.176. The Morgan fingerprint density at radius 1 is 1.05 bits per heavy atom. The van der Waals surface area contributed by atoms with E-state index >= 15 is 0 Å². The summed E-state index contributed by atoms with van der Waals surface area (Å²) in [5.74, 6) is -2.45. The molecule has 11 heteroatoms. The normalized spacial score (nSPS) is 28.7. The molecule has 0 bridgehead atoms. The highest BCUT2D eigenvalue weighted by Crippen LogP contribution is 2.57. The number of rotatable bonds is 10. The van der Waals surface area contributed by atoms with Gasteiger partial charge in [0.05, 0.1) is 28.0 Å². The molecule has 5 atom stereocenters. The van der Waals surface area contributed by atoms with E-state index in [1.165, 1.54) is 18.2 Å². The van der Waals surface area contributed by atoms with Crippen LogP contribution in [-0.4, -0.2) is 83.4 Å². The Kier molecular flexibility index (Phi) is 8.89. The predicted octanol–water partition coefficient (Wildman–Crippen LogP) is 3.83. The number of piperazine rings is 1. The molecule has 2 heterocycles. The third kappa shape index (κ3) is 5.48. The van der Waals surface area contributed by atoms with Gasteiger partial charge in [-0.1, -0.05) is 24.3 Å². The highest BCUT2D eigenvalue weighted by Gasteiger charge is 2.65. The Morgan fingerprint density at radius 3 is 2.34 bits per heavy atom. The molecular weight excluding hydrogens is 528 g/mol. The summed E-state index contributed by atoms with van der Waals surface area (Å²) in [6.45, 7) is 10.9. The van der Waals surface area contributed by atoms with E-state index in [1.807, 2.05) is 31.2 Å². The van der Waals surface area contributed by atoms with Crippen LogP contribution in [-0.2, 0) is 9.59 Å². The fourth-order valence-corrected chi connectivity index (χ4v) is 6.83. The van der Waals surface area contributed by atoms with Crippen molar-refractivity contribution >= 4 is 23.3 Å². The number of nitro groups is 1. The minimum absolute atomic E-state index is 0.176. The summed E-state index contributed by atoms with van der Waals surface area (Å²) in [5, 5.41) is 36.2. The minimum atomic E-state index is -1.54. The number of carboxylic acid groups (broad SMARTS) is 2. The number of piperidine rings is 1. The average molecular weight is 569 g/mol. The van der Waals surface area contributed by atoms with Crippen molar-refractivity contribution < 1.29 is 29.5 Å². The smallest absolute Gasteiger partial charge is 0.311 e. The largest absolute Gasteiger partial charge is 0.492 e. The van der Waals surface area contributed by atoms with Gasteiger partial charge in [0.15, 0.2) is 0 Å². The number of nitro benzene ring substituents is 1. The number of hydrogen-bond acceptors (Lipinski definition) is 8. The van der Waals surface area contributed by atoms with Gasteiger partial charge in [-0.25, -0.2) is 0 Å². The van der Waals surface area contributed by atoms with Gasteiger partial charge >= 0.3 is 11.9 Å². The van der Waals surface area contributed by atoms with Gasteiger partial charge in [0.1, 0.15) is 5.75 Å². The van der Waals surface area contributed by atoms with Gasteiger partial charge in [0.2, 0.25) is 0 Å². The van der Waals surface area contributed by atoms with Crippen molar-refractivity contribution in [2.45, 2.75) is 52.1 Å². The van der Waals surface area contributed by atoms with Crippen LogP contribution in [0.15, 0.2) is 48.5 Å². The van der Waals surface area contributed by atoms with Crippen molar-refractivity contribution in [2.75, 3.05) is 44.2 Å². The van der Waals surface area contributed by atoms with Crippen LogP contribution in [0, 0.1) is 20.9 Å². The van der Waals surface area contributed by atoms with Crippen LogP contribution in [0.3, 0.4) is 0 Å². The van der Waals surface area contributed by atoms with Crippen molar-refractivity contribution in [3.63, 3.8) is 0 Å². The molecular formula is C30H40N4O7. The zero-order valence-corrected chi connectivity index (χ0v) is 24.1. The molecule has 0 amide bonds. The predicted molar refractivity (Wildman–Crippen MR) is 155 cm³/mol. The molecule has 2 saturated heterocycles. The molecule has 0 aromatic heterocycles. The summed E-state index contributed by atoms with van der Waals surface area (Å²) in [7, 11) is 0. The monoisotopic (exact) mass is 568 g/mol. The third-order valence-electron chi connectivity index (χ3n) is 9.28. The van der Waals surface area contributed by atoms with E-state index in [9.17, 15) is 29.9 Å². The van der Waals surface area contributed by atoms with Crippen molar-refractivity contribution in [2.24, 2.45) is 10.8 Å². The minimum Gasteiger partial charge on any atom is -0.492 e. The van der Waals surface area contributed by atoms with E-state index in [0.717, 1.165) is 24.5 Å². The van der Waals surface area contributed by atoms with Crippen LogP contribution in [0.25, 0.3) is 0 Å². The SMILES string of the molecule is CCOc1ccccc1N1CCN(CCC2(C(=O)O)C(C)NC(C)C(C)(C(=O)O)C2c2cccc([N+](=O)[O-])c2)CC1. The second kappa shape index (κ2) is 12.0. The number of benzene rings is 2. The maximum absolute atomic E-state index is 13.3. The maximum Gasteiger partial charge on any atom is 0.311 e. The summed E-state index contributed by atoms with van der Waals surface area (Å²) >= 11 is 0. The molecule has 3 N–H and O–H groups in total. The number of aliphatic carboxylic acids is 2. The fourth-order valence-electron chi connectivity index (χ4n) is 6.83. The highest BCUT2D eigenvalue weighted by molar-refractivity contribution is 5.84. The topological polar surface area (TPSA) is 145 Å². The van der Waals surface area contributed by atoms with Crippen LogP contribution in [0.2, 0.25) is 0 Å². The number of carbonyl (C=O) groups is 2. The lowest BCUT2D eigenvalue weighted by atomic mass is 9.51. The molecule has 0 spiro atoms. The molecule has 4 rings (SSSR count). The van der Waals surface area contributed by atoms with Gasteiger partial charge in [0, 0.05) is 56.3 Å². The van der Waals surface area contributed by atoms with Gasteiger partial charge < -0.3 is 25.2 Å². The first-order chi connectivity index (χ1) is 19.5. The van der Waals surface area contributed by atoms with Crippen LogP contribution < -0.4 is 15.0 Å². The van der Waals surface area contributed by atoms with Crippen LogP contribution in [0.4, 0.5) is 11.4 Å². The molecule has 5 unspecified atom stereocenters. The molecule has 0 aliphatic carbocycles. The molecule has 222 valence electrons. The molecule has 2 aromatic rings. The first-order valence-electron chi connectivity index (χ1n) is 14.1. The number of para-hydroxylation sites is 2. The first-order valence-corrected chi connectivity index (χ1v) is 14.1. The quantitative estimate of drug-likeness (QED) is 0.286. The standard InChI is InChI=1S/C30H40N4O7/c1-5-41-25-12-7-6-11-24(25)33-17-15-32(16-18-33)14-13-30(28(37)38)21(3)31-20(2)29(4,27(35)36)26(30)22-9-8-10-23(19-22)34(39)40/h6-12,19-21,26,31H,5,13-18H2,1-4H3,(H,35,36)(H,37,38). The number of nitrogens with one attached hydrogen (secondary N) is 1. The lowest BCUT2D eigenvalue weighted by Gasteiger charge is -2.56. The van der Waals surface area contributed by atoms with Crippen LogP contribution in [0.5, 0.6) is 5.75 Å². The summed E-state index contributed by atoms with van der Waals surface area (Å²) < 4.78 is 5.80. The second-order valence-corrected chi connectivity index (χ2v) is 11.3. The van der Waals surface area contributed by atoms with E-state index in [1.54, 1.807) is 26.8 Å². The van der Waals surface area contributed by atoms with Gasteiger partial charge in [-0.05, 0) is 58.4 Å².